The maximum Gasteiger partial charge on any atom is 0.387 e. The van der Waals surface area contributed by atoms with Crippen LogP contribution in [0, 0.1) is 5.82 Å². The van der Waals surface area contributed by atoms with Gasteiger partial charge in [-0.05, 0) is 12.1 Å². The second-order valence-corrected chi connectivity index (χ2v) is 2.85. The first-order chi connectivity index (χ1) is 6.54. The zero-order valence-electron chi connectivity index (χ0n) is 6.81. The Kier molecular flexibility index (Phi) is 3.60. The lowest BCUT2D eigenvalue weighted by molar-refractivity contribution is -0.0533. The van der Waals surface area contributed by atoms with E-state index < -0.39 is 24.8 Å². The van der Waals surface area contributed by atoms with Gasteiger partial charge in [-0.3, -0.25) is 0 Å². The number of aliphatic hydroxyl groups excluding tert-OH is 1. The number of benzene rings is 1. The Morgan fingerprint density at radius 1 is 1.43 bits per heavy atom. The maximum absolute atomic E-state index is 13.0. The number of ether oxygens (including phenoxy) is 1. The summed E-state index contributed by atoms with van der Waals surface area (Å²) in [5.41, 5.74) is -0.115. The van der Waals surface area contributed by atoms with Crippen molar-refractivity contribution in [2.24, 2.45) is 0 Å². The molecule has 0 spiro atoms. The number of halogens is 4. The summed E-state index contributed by atoms with van der Waals surface area (Å²) in [4.78, 5) is 0. The minimum atomic E-state index is -3.14. The van der Waals surface area contributed by atoms with E-state index in [1.807, 2.05) is 0 Å². The van der Waals surface area contributed by atoms with Crippen molar-refractivity contribution in [3.63, 3.8) is 0 Å². The van der Waals surface area contributed by atoms with Crippen molar-refractivity contribution in [3.8, 4) is 5.75 Å². The van der Waals surface area contributed by atoms with Gasteiger partial charge in [-0.2, -0.15) is 8.78 Å². The molecule has 0 amide bonds. The minimum absolute atomic E-state index is 0.00756. The summed E-state index contributed by atoms with van der Waals surface area (Å²) in [6.45, 7) is -3.77. The summed E-state index contributed by atoms with van der Waals surface area (Å²) < 4.78 is 40.5. The van der Waals surface area contributed by atoms with Crippen LogP contribution >= 0.6 is 11.6 Å². The van der Waals surface area contributed by atoms with Gasteiger partial charge in [-0.15, -0.1) is 0 Å². The van der Waals surface area contributed by atoms with Crippen LogP contribution in [0.1, 0.15) is 5.56 Å². The van der Waals surface area contributed by atoms with Gasteiger partial charge in [0.05, 0.1) is 6.61 Å². The van der Waals surface area contributed by atoms with E-state index in [-0.39, 0.29) is 10.6 Å². The minimum Gasteiger partial charge on any atom is -0.431 e. The predicted molar refractivity (Wildman–Crippen MR) is 44.0 cm³/mol. The van der Waals surface area contributed by atoms with E-state index in [0.29, 0.717) is 0 Å². The summed E-state index contributed by atoms with van der Waals surface area (Å²) >= 11 is 5.44. The van der Waals surface area contributed by atoms with E-state index in [4.69, 9.17) is 16.7 Å². The van der Waals surface area contributed by atoms with Crippen molar-refractivity contribution in [1.82, 2.24) is 0 Å². The molecule has 0 aliphatic rings. The highest BCUT2D eigenvalue weighted by Gasteiger charge is 2.15. The smallest absolute Gasteiger partial charge is 0.387 e. The highest BCUT2D eigenvalue weighted by Crippen LogP contribution is 2.28. The number of rotatable bonds is 3. The summed E-state index contributed by atoms with van der Waals surface area (Å²) in [5.74, 6) is -1.70. The Balaban J connectivity index is 3.11. The summed E-state index contributed by atoms with van der Waals surface area (Å²) in [7, 11) is 0. The molecule has 78 valence electrons. The average Bonchev–Trinajstić information content (AvgIpc) is 2.08. The third-order valence-corrected chi connectivity index (χ3v) is 1.68. The molecule has 0 bridgehead atoms. The molecule has 0 atom stereocenters. The lowest BCUT2D eigenvalue weighted by atomic mass is 10.2. The van der Waals surface area contributed by atoms with Gasteiger partial charge in [-0.1, -0.05) is 11.6 Å². The Labute approximate surface area is 82.9 Å². The fraction of sp³-hybridized carbons (Fsp3) is 0.250. The maximum atomic E-state index is 13.0. The second-order valence-electron chi connectivity index (χ2n) is 2.41. The largest absolute Gasteiger partial charge is 0.431 e. The first-order valence-corrected chi connectivity index (χ1v) is 3.96. The van der Waals surface area contributed by atoms with Crippen LogP contribution in [0.15, 0.2) is 12.1 Å². The van der Waals surface area contributed by atoms with E-state index in [1.165, 1.54) is 0 Å². The Bertz CT molecular complexity index is 331. The van der Waals surface area contributed by atoms with Gasteiger partial charge in [0.1, 0.15) is 0 Å². The number of aliphatic hydroxyl groups is 1. The number of alkyl halides is 2. The van der Waals surface area contributed by atoms with E-state index in [0.717, 1.165) is 12.1 Å². The van der Waals surface area contributed by atoms with Gasteiger partial charge in [0.15, 0.2) is 11.6 Å². The van der Waals surface area contributed by atoms with Crippen LogP contribution in [0.25, 0.3) is 0 Å². The zero-order chi connectivity index (χ0) is 10.7. The average molecular weight is 227 g/mol. The van der Waals surface area contributed by atoms with Gasteiger partial charge in [0.2, 0.25) is 0 Å². The van der Waals surface area contributed by atoms with E-state index in [9.17, 15) is 13.2 Å². The Hall–Kier alpha value is -0.940. The molecule has 1 aromatic carbocycles. The summed E-state index contributed by atoms with van der Waals surface area (Å²) in [6, 6.07) is 1.99. The monoisotopic (exact) mass is 226 g/mol. The normalized spacial score (nSPS) is 10.7. The van der Waals surface area contributed by atoms with Crippen LogP contribution in [0.2, 0.25) is 5.02 Å². The second kappa shape index (κ2) is 4.52. The van der Waals surface area contributed by atoms with Crippen LogP contribution in [0.3, 0.4) is 0 Å². The van der Waals surface area contributed by atoms with E-state index >= 15 is 0 Å². The standard InChI is InChI=1S/C8H6ClF3O2/c9-5-1-4(3-13)7(6(10)2-5)14-8(11)12/h1-2,8,13H,3H2. The highest BCUT2D eigenvalue weighted by atomic mass is 35.5. The van der Waals surface area contributed by atoms with Crippen molar-refractivity contribution in [3.05, 3.63) is 28.5 Å². The quantitative estimate of drug-likeness (QED) is 0.858. The van der Waals surface area contributed by atoms with Crippen LogP contribution in [-0.4, -0.2) is 11.7 Å². The first kappa shape index (κ1) is 11.1. The molecule has 0 aliphatic carbocycles. The molecule has 0 unspecified atom stereocenters. The van der Waals surface area contributed by atoms with Crippen LogP contribution in [0.5, 0.6) is 5.75 Å². The van der Waals surface area contributed by atoms with Crippen molar-refractivity contribution in [2.75, 3.05) is 0 Å². The molecule has 0 aliphatic heterocycles. The molecule has 1 N–H and O–H groups in total. The molecule has 14 heavy (non-hydrogen) atoms. The molecule has 6 heteroatoms. The molecule has 0 radical (unpaired) electrons. The molecule has 0 heterocycles. The molecule has 0 fully saturated rings. The van der Waals surface area contributed by atoms with E-state index in [2.05, 4.69) is 4.74 Å². The number of hydrogen-bond acceptors (Lipinski definition) is 2. The molecule has 0 aromatic heterocycles. The summed E-state index contributed by atoms with van der Waals surface area (Å²) in [5, 5.41) is 8.74. The van der Waals surface area contributed by atoms with Crippen LogP contribution < -0.4 is 4.74 Å². The topological polar surface area (TPSA) is 29.5 Å². The molecule has 1 aromatic rings. The van der Waals surface area contributed by atoms with Gasteiger partial charge < -0.3 is 9.84 Å². The number of hydrogen-bond donors (Lipinski definition) is 1. The van der Waals surface area contributed by atoms with E-state index in [1.54, 1.807) is 0 Å². The van der Waals surface area contributed by atoms with Crippen LogP contribution in [-0.2, 0) is 6.61 Å². The third kappa shape index (κ3) is 2.52. The molecule has 1 rings (SSSR count). The van der Waals surface area contributed by atoms with Gasteiger partial charge in [0.25, 0.3) is 0 Å². The van der Waals surface area contributed by atoms with Crippen molar-refractivity contribution in [2.45, 2.75) is 13.2 Å². The lowest BCUT2D eigenvalue weighted by Crippen LogP contribution is -2.06. The predicted octanol–water partition coefficient (Wildman–Crippen LogP) is 2.57. The Morgan fingerprint density at radius 2 is 2.07 bits per heavy atom. The van der Waals surface area contributed by atoms with Gasteiger partial charge >= 0.3 is 6.61 Å². The summed E-state index contributed by atoms with van der Waals surface area (Å²) in [6.07, 6.45) is 0. The molecule has 0 saturated carbocycles. The molecule has 0 saturated heterocycles. The first-order valence-electron chi connectivity index (χ1n) is 3.58. The zero-order valence-corrected chi connectivity index (χ0v) is 7.56. The van der Waals surface area contributed by atoms with Crippen LogP contribution in [0.4, 0.5) is 13.2 Å². The van der Waals surface area contributed by atoms with Crippen molar-refractivity contribution >= 4 is 11.6 Å². The fourth-order valence-corrected chi connectivity index (χ4v) is 1.18. The SMILES string of the molecule is OCc1cc(Cl)cc(F)c1OC(F)F. The third-order valence-electron chi connectivity index (χ3n) is 1.46. The molecular formula is C8H6ClF3O2. The van der Waals surface area contributed by atoms with Crippen molar-refractivity contribution < 1.29 is 23.0 Å². The fourth-order valence-electron chi connectivity index (χ4n) is 0.952. The Morgan fingerprint density at radius 3 is 2.57 bits per heavy atom. The molecular weight excluding hydrogens is 221 g/mol. The molecule has 2 nitrogen and oxygen atoms in total. The lowest BCUT2D eigenvalue weighted by Gasteiger charge is -2.10. The van der Waals surface area contributed by atoms with Gasteiger partial charge in [0, 0.05) is 10.6 Å². The highest BCUT2D eigenvalue weighted by molar-refractivity contribution is 6.30. The van der Waals surface area contributed by atoms with Gasteiger partial charge in [-0.25, -0.2) is 4.39 Å². The van der Waals surface area contributed by atoms with Crippen molar-refractivity contribution in [1.29, 1.82) is 0 Å².